The van der Waals surface area contributed by atoms with Gasteiger partial charge in [-0.15, -0.1) is 0 Å². The van der Waals surface area contributed by atoms with Gasteiger partial charge < -0.3 is 10.0 Å². The molecule has 102 valence electrons. The van der Waals surface area contributed by atoms with E-state index in [1.807, 2.05) is 35.2 Å². The Morgan fingerprint density at radius 3 is 2.58 bits per heavy atom. The van der Waals surface area contributed by atoms with Gasteiger partial charge in [0.1, 0.15) is 0 Å². The summed E-state index contributed by atoms with van der Waals surface area (Å²) in [6, 6.07) is 9.81. The number of aliphatic hydroxyl groups excluding tert-OH is 1. The second-order valence-electron chi connectivity index (χ2n) is 5.42. The van der Waals surface area contributed by atoms with Crippen LogP contribution >= 0.6 is 0 Å². The van der Waals surface area contributed by atoms with Crippen molar-refractivity contribution in [3.8, 4) is 0 Å². The highest BCUT2D eigenvalue weighted by atomic mass is 16.3. The lowest BCUT2D eigenvalue weighted by molar-refractivity contribution is -0.125. The quantitative estimate of drug-likeness (QED) is 0.870. The molecule has 4 heteroatoms. The van der Waals surface area contributed by atoms with E-state index in [9.17, 15) is 9.90 Å². The van der Waals surface area contributed by atoms with E-state index in [4.69, 9.17) is 0 Å². The van der Waals surface area contributed by atoms with Gasteiger partial charge in [-0.2, -0.15) is 0 Å². The van der Waals surface area contributed by atoms with Crippen molar-refractivity contribution in [3.63, 3.8) is 0 Å². The third-order valence-electron chi connectivity index (χ3n) is 4.11. The second-order valence-corrected chi connectivity index (χ2v) is 5.42. The summed E-state index contributed by atoms with van der Waals surface area (Å²) in [7, 11) is 0. The van der Waals surface area contributed by atoms with Crippen LogP contribution in [0.2, 0.25) is 0 Å². The molecular weight excluding hydrogens is 240 g/mol. The molecule has 1 aromatic carbocycles. The van der Waals surface area contributed by atoms with Gasteiger partial charge in [0.2, 0.25) is 5.91 Å². The number of hydrogen-bond donors (Lipinski definition) is 1. The van der Waals surface area contributed by atoms with Gasteiger partial charge in [-0.05, 0) is 31.4 Å². The third kappa shape index (κ3) is 2.51. The van der Waals surface area contributed by atoms with Crippen LogP contribution in [0.25, 0.3) is 0 Å². The molecule has 4 nitrogen and oxygen atoms in total. The fourth-order valence-electron chi connectivity index (χ4n) is 3.11. The first-order valence-electron chi connectivity index (χ1n) is 7.04. The number of hydrogen-bond acceptors (Lipinski definition) is 3. The van der Waals surface area contributed by atoms with E-state index in [2.05, 4.69) is 4.90 Å². The summed E-state index contributed by atoms with van der Waals surface area (Å²) >= 11 is 0. The van der Waals surface area contributed by atoms with E-state index in [1.54, 1.807) is 0 Å². The van der Waals surface area contributed by atoms with Crippen LogP contribution in [0, 0.1) is 0 Å². The number of anilines is 1. The zero-order valence-electron chi connectivity index (χ0n) is 11.0. The molecule has 0 bridgehead atoms. The topological polar surface area (TPSA) is 43.8 Å². The maximum absolute atomic E-state index is 12.6. The summed E-state index contributed by atoms with van der Waals surface area (Å²) in [4.78, 5) is 16.7. The number of likely N-dealkylation sites (tertiary alicyclic amines) is 1. The second kappa shape index (κ2) is 5.31. The number of benzene rings is 1. The zero-order chi connectivity index (χ0) is 13.2. The van der Waals surface area contributed by atoms with Crippen molar-refractivity contribution in [2.45, 2.75) is 31.4 Å². The number of aliphatic hydroxyl groups is 1. The molecule has 2 fully saturated rings. The van der Waals surface area contributed by atoms with E-state index < -0.39 is 0 Å². The molecule has 0 radical (unpaired) electrons. The van der Waals surface area contributed by atoms with Crippen molar-refractivity contribution in [1.29, 1.82) is 0 Å². The van der Waals surface area contributed by atoms with Gasteiger partial charge in [0.25, 0.3) is 0 Å². The number of nitrogens with zero attached hydrogens (tertiary/aromatic N) is 2. The van der Waals surface area contributed by atoms with Gasteiger partial charge in [-0.1, -0.05) is 18.2 Å². The minimum atomic E-state index is -0.264. The maximum Gasteiger partial charge on any atom is 0.244 e. The zero-order valence-corrected chi connectivity index (χ0v) is 11.0. The molecule has 1 N–H and O–H groups in total. The Hall–Kier alpha value is -1.39. The SMILES string of the molecule is O=C1C(N2CC[C@H](O)C2)CCCN1c1ccccc1. The monoisotopic (exact) mass is 260 g/mol. The number of carbonyl (C=O) groups is 1. The summed E-state index contributed by atoms with van der Waals surface area (Å²) in [6.07, 6.45) is 2.46. The summed E-state index contributed by atoms with van der Waals surface area (Å²) in [5.41, 5.74) is 0.983. The van der Waals surface area contributed by atoms with Crippen LogP contribution in [0.5, 0.6) is 0 Å². The Morgan fingerprint density at radius 2 is 1.89 bits per heavy atom. The normalized spacial score (nSPS) is 28.9. The van der Waals surface area contributed by atoms with Crippen molar-refractivity contribution < 1.29 is 9.90 Å². The number of amides is 1. The molecule has 0 saturated carbocycles. The van der Waals surface area contributed by atoms with Crippen LogP contribution in [-0.2, 0) is 4.79 Å². The maximum atomic E-state index is 12.6. The van der Waals surface area contributed by atoms with Crippen molar-refractivity contribution in [1.82, 2.24) is 4.90 Å². The lowest BCUT2D eigenvalue weighted by Gasteiger charge is -2.36. The molecule has 2 atom stereocenters. The number of β-amino-alcohol motifs (C(OH)–C–C–N with tert-alkyl or cyclic N) is 1. The fraction of sp³-hybridized carbons (Fsp3) is 0.533. The van der Waals surface area contributed by atoms with Crippen molar-refractivity contribution in [2.75, 3.05) is 24.5 Å². The average molecular weight is 260 g/mol. The molecule has 2 heterocycles. The van der Waals surface area contributed by atoms with Gasteiger partial charge >= 0.3 is 0 Å². The highest BCUT2D eigenvalue weighted by Gasteiger charge is 2.36. The molecule has 2 saturated heterocycles. The summed E-state index contributed by atoms with van der Waals surface area (Å²) in [5.74, 6) is 0.187. The molecule has 0 aliphatic carbocycles. The van der Waals surface area contributed by atoms with E-state index in [0.717, 1.165) is 38.0 Å². The van der Waals surface area contributed by atoms with Gasteiger partial charge in [0, 0.05) is 25.3 Å². The Labute approximate surface area is 113 Å². The molecule has 1 aromatic rings. The first-order valence-corrected chi connectivity index (χ1v) is 7.04. The lowest BCUT2D eigenvalue weighted by atomic mass is 10.0. The van der Waals surface area contributed by atoms with Crippen LogP contribution in [0.1, 0.15) is 19.3 Å². The summed E-state index contributed by atoms with van der Waals surface area (Å²) < 4.78 is 0. The molecule has 2 aliphatic heterocycles. The van der Waals surface area contributed by atoms with Crippen molar-refractivity contribution in [2.24, 2.45) is 0 Å². The van der Waals surface area contributed by atoms with E-state index in [1.165, 1.54) is 0 Å². The van der Waals surface area contributed by atoms with E-state index in [0.29, 0.717) is 6.54 Å². The van der Waals surface area contributed by atoms with Crippen LogP contribution in [0.4, 0.5) is 5.69 Å². The Morgan fingerprint density at radius 1 is 1.11 bits per heavy atom. The average Bonchev–Trinajstić information content (AvgIpc) is 2.86. The Balaban J connectivity index is 1.76. The summed E-state index contributed by atoms with van der Waals surface area (Å²) in [6.45, 7) is 2.27. The fourth-order valence-corrected chi connectivity index (χ4v) is 3.11. The van der Waals surface area contributed by atoms with Crippen LogP contribution in [-0.4, -0.2) is 47.7 Å². The standard InChI is InChI=1S/C15H20N2O2/c18-13-8-10-16(11-13)14-7-4-9-17(15(14)19)12-5-2-1-3-6-12/h1-3,5-6,13-14,18H,4,7-11H2/t13-,14?/m0/s1. The molecular formula is C15H20N2O2. The van der Waals surface area contributed by atoms with Crippen molar-refractivity contribution in [3.05, 3.63) is 30.3 Å². The van der Waals surface area contributed by atoms with Crippen LogP contribution in [0.15, 0.2) is 30.3 Å². The third-order valence-corrected chi connectivity index (χ3v) is 4.11. The first kappa shape index (κ1) is 12.6. The molecule has 0 spiro atoms. The van der Waals surface area contributed by atoms with Crippen molar-refractivity contribution >= 4 is 11.6 Å². The minimum Gasteiger partial charge on any atom is -0.392 e. The Kier molecular flexibility index (Phi) is 3.53. The van der Waals surface area contributed by atoms with Gasteiger partial charge in [-0.3, -0.25) is 9.69 Å². The van der Waals surface area contributed by atoms with Gasteiger partial charge in [0.05, 0.1) is 12.1 Å². The first-order chi connectivity index (χ1) is 9.25. The highest BCUT2D eigenvalue weighted by Crippen LogP contribution is 2.25. The van der Waals surface area contributed by atoms with Gasteiger partial charge in [-0.25, -0.2) is 0 Å². The highest BCUT2D eigenvalue weighted by molar-refractivity contribution is 5.97. The smallest absolute Gasteiger partial charge is 0.244 e. The number of carbonyl (C=O) groups excluding carboxylic acids is 1. The van der Waals surface area contributed by atoms with Crippen LogP contribution < -0.4 is 4.90 Å². The number of rotatable bonds is 2. The minimum absolute atomic E-state index is 0.0499. The van der Waals surface area contributed by atoms with Crippen LogP contribution in [0.3, 0.4) is 0 Å². The lowest BCUT2D eigenvalue weighted by Crippen LogP contribution is -2.52. The molecule has 19 heavy (non-hydrogen) atoms. The number of piperidine rings is 1. The Bertz CT molecular complexity index is 449. The predicted octanol–water partition coefficient (Wildman–Crippen LogP) is 1.25. The van der Waals surface area contributed by atoms with E-state index in [-0.39, 0.29) is 18.1 Å². The molecule has 1 unspecified atom stereocenters. The van der Waals surface area contributed by atoms with Gasteiger partial charge in [0.15, 0.2) is 0 Å². The summed E-state index contributed by atoms with van der Waals surface area (Å²) in [5, 5.41) is 9.63. The molecule has 3 rings (SSSR count). The molecule has 0 aromatic heterocycles. The van der Waals surface area contributed by atoms with E-state index >= 15 is 0 Å². The molecule has 1 amide bonds. The molecule has 2 aliphatic rings. The predicted molar refractivity (Wildman–Crippen MR) is 74.0 cm³/mol. The number of para-hydroxylation sites is 1. The largest absolute Gasteiger partial charge is 0.392 e.